The molecule has 0 radical (unpaired) electrons. The van der Waals surface area contributed by atoms with Crippen LogP contribution in [0.15, 0.2) is 0 Å². The smallest absolute Gasteiger partial charge is 0.305 e. The normalized spacial score (nSPS) is 18.1. The molecule has 1 unspecified atom stereocenters. The van der Waals surface area contributed by atoms with Crippen molar-refractivity contribution >= 4 is 17.8 Å². The topological polar surface area (TPSA) is 102 Å². The molecular formula is C15H28N4O4. The van der Waals surface area contributed by atoms with Crippen molar-refractivity contribution in [2.75, 3.05) is 46.8 Å². The lowest BCUT2D eigenvalue weighted by Crippen LogP contribution is -2.46. The lowest BCUT2D eigenvalue weighted by Gasteiger charge is -2.25. The van der Waals surface area contributed by atoms with E-state index in [9.17, 15) is 14.4 Å². The average Bonchev–Trinajstić information content (AvgIpc) is 2.93. The van der Waals surface area contributed by atoms with Gasteiger partial charge in [0, 0.05) is 32.6 Å². The third-order valence-corrected chi connectivity index (χ3v) is 3.81. The Bertz CT molecular complexity index is 414. The molecule has 23 heavy (non-hydrogen) atoms. The summed E-state index contributed by atoms with van der Waals surface area (Å²) in [5.41, 5.74) is 0. The summed E-state index contributed by atoms with van der Waals surface area (Å²) >= 11 is 0. The molecule has 1 aliphatic heterocycles. The first-order chi connectivity index (χ1) is 10.9. The van der Waals surface area contributed by atoms with Gasteiger partial charge in [-0.1, -0.05) is 0 Å². The third-order valence-electron chi connectivity index (χ3n) is 3.81. The van der Waals surface area contributed by atoms with Gasteiger partial charge in [0.15, 0.2) is 0 Å². The van der Waals surface area contributed by atoms with Crippen LogP contribution in [0.2, 0.25) is 0 Å². The molecule has 1 rings (SSSR count). The molecule has 1 heterocycles. The molecule has 0 aliphatic carbocycles. The van der Waals surface area contributed by atoms with Crippen LogP contribution in [0.3, 0.4) is 0 Å². The number of amides is 2. The Hall–Kier alpha value is -1.67. The lowest BCUT2D eigenvalue weighted by molar-refractivity contribution is -0.137. The number of hydrogen-bond donors (Lipinski definition) is 3. The van der Waals surface area contributed by atoms with Gasteiger partial charge in [0.25, 0.3) is 0 Å². The highest BCUT2D eigenvalue weighted by Crippen LogP contribution is 2.16. The molecule has 0 aromatic rings. The van der Waals surface area contributed by atoms with Gasteiger partial charge in [-0.15, -0.1) is 0 Å². The molecule has 8 nitrogen and oxygen atoms in total. The zero-order chi connectivity index (χ0) is 17.2. The van der Waals surface area contributed by atoms with Crippen LogP contribution in [0.5, 0.6) is 0 Å². The zero-order valence-electron chi connectivity index (χ0n) is 14.0. The highest BCUT2D eigenvalue weighted by atomic mass is 16.4. The zero-order valence-corrected chi connectivity index (χ0v) is 14.0. The Morgan fingerprint density at radius 3 is 2.52 bits per heavy atom. The molecule has 1 fully saturated rings. The van der Waals surface area contributed by atoms with Crippen molar-refractivity contribution in [2.45, 2.75) is 31.7 Å². The molecule has 3 N–H and O–H groups in total. The van der Waals surface area contributed by atoms with Gasteiger partial charge in [0.1, 0.15) is 0 Å². The van der Waals surface area contributed by atoms with Gasteiger partial charge in [-0.2, -0.15) is 0 Å². The summed E-state index contributed by atoms with van der Waals surface area (Å²) in [6.45, 7) is 3.09. The van der Waals surface area contributed by atoms with Gasteiger partial charge >= 0.3 is 5.97 Å². The maximum Gasteiger partial charge on any atom is 0.305 e. The first-order valence-corrected chi connectivity index (χ1v) is 8.05. The van der Waals surface area contributed by atoms with Crippen molar-refractivity contribution < 1.29 is 19.5 Å². The van der Waals surface area contributed by atoms with E-state index in [4.69, 9.17) is 5.11 Å². The van der Waals surface area contributed by atoms with Crippen molar-refractivity contribution in [1.82, 2.24) is 20.4 Å². The SMILES string of the molecule is [13CH3]N([13CH3])[13CH2]CN1[13CH2][13CH2][13CH2][13CH]1C(=O)[15NH]CCC(=O)[15NH]CCC(=O)O. The minimum Gasteiger partial charge on any atom is -0.481 e. The maximum atomic E-state index is 12.2. The Morgan fingerprint density at radius 1 is 1.17 bits per heavy atom. The van der Waals surface area contributed by atoms with Crippen molar-refractivity contribution in [3.05, 3.63) is 0 Å². The van der Waals surface area contributed by atoms with E-state index in [1.807, 2.05) is 14.1 Å². The molecule has 132 valence electrons. The average molecular weight is 337 g/mol. The Labute approximate surface area is 137 Å². The van der Waals surface area contributed by atoms with Crippen LogP contribution < -0.4 is 10.6 Å². The van der Waals surface area contributed by atoms with Gasteiger partial charge < -0.3 is 20.6 Å². The molecular weight excluding hydrogens is 309 g/mol. The molecule has 0 saturated carbocycles. The predicted octanol–water partition coefficient (Wildman–Crippen LogP) is -0.890. The molecule has 1 saturated heterocycles. The largest absolute Gasteiger partial charge is 0.481 e. The number of nitrogens with zero attached hydrogens (tertiary/aromatic N) is 2. The van der Waals surface area contributed by atoms with Crippen LogP contribution in [0.25, 0.3) is 0 Å². The van der Waals surface area contributed by atoms with Crippen molar-refractivity contribution in [3.8, 4) is 0 Å². The Balaban J connectivity index is 2.22. The second-order valence-electron chi connectivity index (χ2n) is 6.03. The molecule has 1 atom stereocenters. The Kier molecular flexibility index (Phi) is 8.57. The summed E-state index contributed by atoms with van der Waals surface area (Å²) in [5, 5.41) is 13.8. The van der Waals surface area contributed by atoms with Gasteiger partial charge in [0.2, 0.25) is 11.8 Å². The summed E-state index contributed by atoms with van der Waals surface area (Å²) in [6, 6.07) is -0.106. The van der Waals surface area contributed by atoms with Crippen LogP contribution in [0.1, 0.15) is 25.7 Å². The van der Waals surface area contributed by atoms with Crippen LogP contribution >= 0.6 is 0 Å². The first kappa shape index (κ1) is 19.4. The van der Waals surface area contributed by atoms with E-state index in [0.29, 0.717) is 0 Å². The number of hydrogen-bond acceptors (Lipinski definition) is 5. The number of carboxylic acids is 1. The van der Waals surface area contributed by atoms with E-state index in [2.05, 4.69) is 20.4 Å². The van der Waals surface area contributed by atoms with Crippen LogP contribution in [-0.2, 0) is 14.4 Å². The van der Waals surface area contributed by atoms with E-state index in [-0.39, 0.29) is 43.8 Å². The quantitative estimate of drug-likeness (QED) is 0.353. The number of aliphatic carboxylic acids is 1. The monoisotopic (exact) mass is 337 g/mol. The fourth-order valence-electron chi connectivity index (χ4n) is 2.53. The molecule has 2 amide bonds. The second-order valence-corrected chi connectivity index (χ2v) is 6.03. The van der Waals surface area contributed by atoms with Crippen molar-refractivity contribution in [2.24, 2.45) is 0 Å². The first-order valence-electron chi connectivity index (χ1n) is 8.05. The number of carboxylic acid groups (broad SMARTS) is 1. The van der Waals surface area contributed by atoms with E-state index in [1.54, 1.807) is 0 Å². The number of rotatable bonds is 10. The molecule has 0 aromatic carbocycles. The van der Waals surface area contributed by atoms with Gasteiger partial charge in [0.05, 0.1) is 12.5 Å². The Morgan fingerprint density at radius 2 is 1.87 bits per heavy atom. The third kappa shape index (κ3) is 7.94. The van der Waals surface area contributed by atoms with Gasteiger partial charge in [-0.05, 0) is 33.5 Å². The number of carbonyl (C=O) groups is 3. The minimum atomic E-state index is -0.947. The van der Waals surface area contributed by atoms with Crippen LogP contribution in [0.4, 0.5) is 0 Å². The maximum absolute atomic E-state index is 12.2. The van der Waals surface area contributed by atoms with E-state index < -0.39 is 5.97 Å². The summed E-state index contributed by atoms with van der Waals surface area (Å²) in [4.78, 5) is 38.3. The lowest BCUT2D eigenvalue weighted by atomic mass is 10.4. The predicted molar refractivity (Wildman–Crippen MR) is 86.0 cm³/mol. The van der Waals surface area contributed by atoms with Crippen LogP contribution in [0, 0.1) is 0 Å². The van der Waals surface area contributed by atoms with Gasteiger partial charge in [-0.25, -0.2) is 0 Å². The summed E-state index contributed by atoms with van der Waals surface area (Å²) in [6.07, 6.45) is 1.93. The minimum absolute atomic E-state index is 0.0282. The number of carbonyl (C=O) groups excluding carboxylic acids is 2. The van der Waals surface area contributed by atoms with Crippen molar-refractivity contribution in [3.63, 3.8) is 0 Å². The molecule has 0 bridgehead atoms. The number of nitrogens with one attached hydrogen (secondary N) is 2. The van der Waals surface area contributed by atoms with Crippen LogP contribution in [-0.4, -0.2) is 85.6 Å². The molecule has 0 aromatic heterocycles. The fourth-order valence-corrected chi connectivity index (χ4v) is 2.53. The molecule has 8 heteroatoms. The van der Waals surface area contributed by atoms with E-state index in [0.717, 1.165) is 32.5 Å². The summed E-state index contributed by atoms with van der Waals surface area (Å²) in [7, 11) is 4.02. The van der Waals surface area contributed by atoms with Gasteiger partial charge in [-0.3, -0.25) is 19.3 Å². The molecule has 1 aliphatic rings. The molecule has 0 spiro atoms. The van der Waals surface area contributed by atoms with E-state index >= 15 is 0 Å². The summed E-state index contributed by atoms with van der Waals surface area (Å²) < 4.78 is 0. The summed E-state index contributed by atoms with van der Waals surface area (Å²) in [5.74, 6) is -1.22. The van der Waals surface area contributed by atoms with E-state index in [1.165, 1.54) is 0 Å². The van der Waals surface area contributed by atoms with Crippen molar-refractivity contribution in [1.29, 1.82) is 0 Å². The number of likely N-dealkylation sites (tertiary alicyclic amines) is 1. The highest BCUT2D eigenvalue weighted by Gasteiger charge is 2.30. The highest BCUT2D eigenvalue weighted by molar-refractivity contribution is 5.83. The standard InChI is InChI=1S/C15H28N4O4/c1-18(2)10-11-19-9-3-4-12(19)15(23)17-7-5-13(20)16-8-6-14(21)22/h12H,3-11H2,1-2H3,(H,16,20)(H,17,23)(H,21,22)/i1+1,2+1,3+1,4+1,9+1,10+1,12+1,16+1,17+1. The number of likely N-dealkylation sites (N-methyl/N-ethyl adjacent to an activating group) is 1. The second kappa shape index (κ2) is 10.2. The fraction of sp³-hybridized carbons (Fsp3) is 0.800.